The van der Waals surface area contributed by atoms with Gasteiger partial charge >= 0.3 is 0 Å². The molecule has 0 aliphatic heterocycles. The first kappa shape index (κ1) is 11.0. The lowest BCUT2D eigenvalue weighted by molar-refractivity contribution is 0.688. The lowest BCUT2D eigenvalue weighted by Gasteiger charge is -2.08. The minimum absolute atomic E-state index is 1.01. The summed E-state index contributed by atoms with van der Waals surface area (Å²) in [4.78, 5) is 4.05. The predicted molar refractivity (Wildman–Crippen MR) is 60.6 cm³/mol. The fourth-order valence-corrected chi connectivity index (χ4v) is 1.28. The lowest BCUT2D eigenvalue weighted by Crippen LogP contribution is -2.17. The van der Waals surface area contributed by atoms with E-state index < -0.39 is 0 Å². The molecule has 0 atom stereocenters. The van der Waals surface area contributed by atoms with Gasteiger partial charge in [-0.1, -0.05) is 6.92 Å². The Hall–Kier alpha value is -1.09. The Labute approximate surface area is 85.9 Å². The maximum absolute atomic E-state index is 4.05. The summed E-state index contributed by atoms with van der Waals surface area (Å²) in [6.07, 6.45) is 4.85. The molecule has 0 amide bonds. The summed E-state index contributed by atoms with van der Waals surface area (Å²) in [6, 6.07) is 2.02. The van der Waals surface area contributed by atoms with Crippen molar-refractivity contribution >= 4 is 5.69 Å². The van der Waals surface area contributed by atoms with Crippen LogP contribution in [0, 0.1) is 6.92 Å². The molecule has 2 N–H and O–H groups in total. The molecule has 1 rings (SSSR count). The maximum Gasteiger partial charge on any atom is 0.0400 e. The molecule has 0 radical (unpaired) electrons. The third kappa shape index (κ3) is 3.75. The highest BCUT2D eigenvalue weighted by atomic mass is 14.9. The number of nitrogens with one attached hydrogen (secondary N) is 2. The summed E-state index contributed by atoms with van der Waals surface area (Å²) in [5.74, 6) is 0. The summed E-state index contributed by atoms with van der Waals surface area (Å²) in [5.41, 5.74) is 2.40. The van der Waals surface area contributed by atoms with Crippen LogP contribution in [0.4, 0.5) is 5.69 Å². The molecular formula is C11H19N3. The highest BCUT2D eigenvalue weighted by molar-refractivity contribution is 5.48. The Bertz CT molecular complexity index is 260. The van der Waals surface area contributed by atoms with Crippen LogP contribution in [0.15, 0.2) is 18.5 Å². The molecule has 0 aliphatic carbocycles. The van der Waals surface area contributed by atoms with Crippen LogP contribution in [-0.4, -0.2) is 24.6 Å². The van der Waals surface area contributed by atoms with Gasteiger partial charge in [-0.25, -0.2) is 0 Å². The summed E-state index contributed by atoms with van der Waals surface area (Å²) >= 11 is 0. The minimum Gasteiger partial charge on any atom is -0.385 e. The normalized spacial score (nSPS) is 10.1. The van der Waals surface area contributed by atoms with E-state index >= 15 is 0 Å². The third-order valence-electron chi connectivity index (χ3n) is 2.12. The van der Waals surface area contributed by atoms with Crippen molar-refractivity contribution in [1.82, 2.24) is 10.3 Å². The van der Waals surface area contributed by atoms with E-state index in [9.17, 15) is 0 Å². The Morgan fingerprint density at radius 1 is 1.36 bits per heavy atom. The number of pyridine rings is 1. The SMILES string of the molecule is CCNCCCNc1ccncc1C. The van der Waals surface area contributed by atoms with Crippen molar-refractivity contribution in [2.24, 2.45) is 0 Å². The summed E-state index contributed by atoms with van der Waals surface area (Å²) in [7, 11) is 0. The highest BCUT2D eigenvalue weighted by Crippen LogP contribution is 2.10. The van der Waals surface area contributed by atoms with Crippen LogP contribution >= 0.6 is 0 Å². The molecule has 0 aliphatic rings. The summed E-state index contributed by atoms with van der Waals surface area (Å²) in [5, 5.41) is 6.69. The van der Waals surface area contributed by atoms with Crippen molar-refractivity contribution in [3.63, 3.8) is 0 Å². The van der Waals surface area contributed by atoms with Crippen molar-refractivity contribution in [2.45, 2.75) is 20.3 Å². The van der Waals surface area contributed by atoms with Gasteiger partial charge in [0, 0.05) is 24.6 Å². The lowest BCUT2D eigenvalue weighted by atomic mass is 10.2. The first-order chi connectivity index (χ1) is 6.84. The van der Waals surface area contributed by atoms with Crippen LogP contribution in [-0.2, 0) is 0 Å². The molecule has 0 unspecified atom stereocenters. The van der Waals surface area contributed by atoms with E-state index in [2.05, 4.69) is 29.5 Å². The number of aromatic nitrogens is 1. The summed E-state index contributed by atoms with van der Waals surface area (Å²) in [6.45, 7) is 7.33. The van der Waals surface area contributed by atoms with Gasteiger partial charge in [0.15, 0.2) is 0 Å². The number of anilines is 1. The van der Waals surface area contributed by atoms with Gasteiger partial charge in [0.2, 0.25) is 0 Å². The zero-order chi connectivity index (χ0) is 10.2. The molecule has 3 nitrogen and oxygen atoms in total. The molecule has 0 bridgehead atoms. The Balaban J connectivity index is 2.21. The predicted octanol–water partition coefficient (Wildman–Crippen LogP) is 1.80. The number of nitrogens with zero attached hydrogens (tertiary/aromatic N) is 1. The zero-order valence-corrected chi connectivity index (χ0v) is 9.01. The van der Waals surface area contributed by atoms with Crippen molar-refractivity contribution in [3.8, 4) is 0 Å². The number of hydrogen-bond acceptors (Lipinski definition) is 3. The fourth-order valence-electron chi connectivity index (χ4n) is 1.28. The second-order valence-corrected chi connectivity index (χ2v) is 3.32. The molecule has 78 valence electrons. The van der Waals surface area contributed by atoms with Gasteiger partial charge in [-0.3, -0.25) is 4.98 Å². The molecule has 1 aromatic rings. The van der Waals surface area contributed by atoms with Gasteiger partial charge in [-0.15, -0.1) is 0 Å². The second kappa shape index (κ2) is 6.38. The fraction of sp³-hybridized carbons (Fsp3) is 0.545. The largest absolute Gasteiger partial charge is 0.385 e. The third-order valence-corrected chi connectivity index (χ3v) is 2.12. The van der Waals surface area contributed by atoms with Gasteiger partial charge in [0.25, 0.3) is 0 Å². The molecule has 0 aromatic carbocycles. The zero-order valence-electron chi connectivity index (χ0n) is 9.01. The van der Waals surface area contributed by atoms with E-state index in [1.807, 2.05) is 18.5 Å². The maximum atomic E-state index is 4.05. The minimum atomic E-state index is 1.01. The smallest absolute Gasteiger partial charge is 0.0400 e. The molecule has 0 saturated carbocycles. The average molecular weight is 193 g/mol. The molecule has 0 spiro atoms. The monoisotopic (exact) mass is 193 g/mol. The van der Waals surface area contributed by atoms with Crippen LogP contribution in [0.2, 0.25) is 0 Å². The summed E-state index contributed by atoms with van der Waals surface area (Å²) < 4.78 is 0. The van der Waals surface area contributed by atoms with Gasteiger partial charge in [0.1, 0.15) is 0 Å². The van der Waals surface area contributed by atoms with Crippen LogP contribution < -0.4 is 10.6 Å². The number of rotatable bonds is 6. The van der Waals surface area contributed by atoms with E-state index in [1.165, 1.54) is 11.3 Å². The van der Waals surface area contributed by atoms with Crippen LogP contribution in [0.3, 0.4) is 0 Å². The van der Waals surface area contributed by atoms with E-state index in [0.717, 1.165) is 26.1 Å². The van der Waals surface area contributed by atoms with E-state index in [-0.39, 0.29) is 0 Å². The highest BCUT2D eigenvalue weighted by Gasteiger charge is 1.94. The topological polar surface area (TPSA) is 37.0 Å². The van der Waals surface area contributed by atoms with Gasteiger partial charge < -0.3 is 10.6 Å². The van der Waals surface area contributed by atoms with Gasteiger partial charge in [0.05, 0.1) is 0 Å². The average Bonchev–Trinajstić information content (AvgIpc) is 2.20. The van der Waals surface area contributed by atoms with Crippen molar-refractivity contribution in [1.29, 1.82) is 0 Å². The van der Waals surface area contributed by atoms with Crippen LogP contribution in [0.5, 0.6) is 0 Å². The molecule has 14 heavy (non-hydrogen) atoms. The Kier molecular flexibility index (Phi) is 5.00. The Morgan fingerprint density at radius 2 is 2.21 bits per heavy atom. The van der Waals surface area contributed by atoms with E-state index in [4.69, 9.17) is 0 Å². The number of aryl methyl sites for hydroxylation is 1. The van der Waals surface area contributed by atoms with Crippen molar-refractivity contribution in [3.05, 3.63) is 24.0 Å². The van der Waals surface area contributed by atoms with Crippen LogP contribution in [0.25, 0.3) is 0 Å². The molecule has 1 heterocycles. The Morgan fingerprint density at radius 3 is 2.93 bits per heavy atom. The van der Waals surface area contributed by atoms with Crippen LogP contribution in [0.1, 0.15) is 18.9 Å². The molecule has 0 fully saturated rings. The molecule has 0 saturated heterocycles. The quantitative estimate of drug-likeness (QED) is 0.676. The standard InChI is InChI=1S/C11H19N3/c1-3-12-6-4-7-14-11-5-8-13-9-10(11)2/h5,8-9,12H,3-4,6-7H2,1-2H3,(H,13,14). The first-order valence-electron chi connectivity index (χ1n) is 5.19. The molecular weight excluding hydrogens is 174 g/mol. The van der Waals surface area contributed by atoms with Crippen molar-refractivity contribution in [2.75, 3.05) is 25.0 Å². The number of hydrogen-bond donors (Lipinski definition) is 2. The van der Waals surface area contributed by atoms with Gasteiger partial charge in [-0.05, 0) is 38.1 Å². The van der Waals surface area contributed by atoms with Gasteiger partial charge in [-0.2, -0.15) is 0 Å². The second-order valence-electron chi connectivity index (χ2n) is 3.32. The van der Waals surface area contributed by atoms with E-state index in [1.54, 1.807) is 0 Å². The van der Waals surface area contributed by atoms with E-state index in [0.29, 0.717) is 0 Å². The molecule has 3 heteroatoms. The van der Waals surface area contributed by atoms with Crippen molar-refractivity contribution < 1.29 is 0 Å². The molecule has 1 aromatic heterocycles. The first-order valence-corrected chi connectivity index (χ1v) is 5.19.